The molecule has 0 aliphatic carbocycles. The summed E-state index contributed by atoms with van der Waals surface area (Å²) in [6.07, 6.45) is -0.0568. The van der Waals surface area contributed by atoms with Crippen LogP contribution >= 0.6 is 15.9 Å². The lowest BCUT2D eigenvalue weighted by molar-refractivity contribution is -0.129. The van der Waals surface area contributed by atoms with Gasteiger partial charge in [-0.25, -0.2) is 4.39 Å². The number of halogens is 2. The van der Waals surface area contributed by atoms with E-state index in [9.17, 15) is 9.18 Å². The Bertz CT molecular complexity index is 754. The van der Waals surface area contributed by atoms with Gasteiger partial charge in [0, 0.05) is 29.7 Å². The molecule has 2 unspecified atom stereocenters. The zero-order chi connectivity index (χ0) is 18.5. The summed E-state index contributed by atoms with van der Waals surface area (Å²) in [6.45, 7) is 3.99. The lowest BCUT2D eigenvalue weighted by atomic mass is 10.1. The summed E-state index contributed by atoms with van der Waals surface area (Å²) in [5.41, 5.74) is 1.58. The van der Waals surface area contributed by atoms with Crippen LogP contribution in [0.15, 0.2) is 53.0 Å². The Morgan fingerprint density at radius 3 is 2.77 bits per heavy atom. The first-order chi connectivity index (χ1) is 12.5. The molecule has 0 aromatic heterocycles. The Kier molecular flexibility index (Phi) is 6.40. The van der Waals surface area contributed by atoms with Gasteiger partial charge in [-0.05, 0) is 30.7 Å². The van der Waals surface area contributed by atoms with Gasteiger partial charge in [0.15, 0.2) is 0 Å². The van der Waals surface area contributed by atoms with Crippen molar-refractivity contribution < 1.29 is 13.9 Å². The van der Waals surface area contributed by atoms with Crippen LogP contribution in [0.25, 0.3) is 0 Å². The van der Waals surface area contributed by atoms with E-state index in [-0.39, 0.29) is 30.4 Å². The smallest absolute Gasteiger partial charge is 0.237 e. The van der Waals surface area contributed by atoms with Crippen molar-refractivity contribution in [2.24, 2.45) is 0 Å². The molecule has 1 fully saturated rings. The van der Waals surface area contributed by atoms with E-state index >= 15 is 0 Å². The van der Waals surface area contributed by atoms with Gasteiger partial charge in [0.1, 0.15) is 5.82 Å². The van der Waals surface area contributed by atoms with Gasteiger partial charge >= 0.3 is 0 Å². The highest BCUT2D eigenvalue weighted by Crippen LogP contribution is 2.24. The number of carbonyl (C=O) groups excluding carboxylic acids is 1. The summed E-state index contributed by atoms with van der Waals surface area (Å²) < 4.78 is 20.6. The molecule has 2 aromatic carbocycles. The number of carbonyl (C=O) groups is 1. The third-order valence-electron chi connectivity index (χ3n) is 4.68. The minimum Gasteiger partial charge on any atom is -0.371 e. The Morgan fingerprint density at radius 1 is 1.31 bits per heavy atom. The summed E-state index contributed by atoms with van der Waals surface area (Å²) in [5, 5.41) is 2.83. The zero-order valence-corrected chi connectivity index (χ0v) is 16.2. The van der Waals surface area contributed by atoms with Crippen LogP contribution in [0.5, 0.6) is 0 Å². The molecule has 138 valence electrons. The summed E-state index contributed by atoms with van der Waals surface area (Å²) in [5.74, 6) is -0.410. The zero-order valence-electron chi connectivity index (χ0n) is 14.6. The second-order valence-corrected chi connectivity index (χ2v) is 7.31. The fourth-order valence-electron chi connectivity index (χ4n) is 3.04. The van der Waals surface area contributed by atoms with Crippen LogP contribution in [0.1, 0.15) is 24.2 Å². The van der Waals surface area contributed by atoms with Crippen molar-refractivity contribution in [3.63, 3.8) is 0 Å². The molecule has 0 bridgehead atoms. The van der Waals surface area contributed by atoms with Crippen LogP contribution < -0.4 is 5.32 Å². The van der Waals surface area contributed by atoms with Crippen molar-refractivity contribution in [1.82, 2.24) is 10.2 Å². The van der Waals surface area contributed by atoms with Gasteiger partial charge in [0.2, 0.25) is 5.91 Å². The molecule has 0 spiro atoms. The highest BCUT2D eigenvalue weighted by molar-refractivity contribution is 9.10. The number of hydrogen-bond donors (Lipinski definition) is 1. The molecular formula is C20H22BrFN2O2. The van der Waals surface area contributed by atoms with Crippen molar-refractivity contribution in [1.29, 1.82) is 0 Å². The maximum atomic E-state index is 13.7. The third kappa shape index (κ3) is 4.69. The molecule has 1 aliphatic rings. The summed E-state index contributed by atoms with van der Waals surface area (Å²) in [7, 11) is 0. The third-order valence-corrected chi connectivity index (χ3v) is 5.21. The lowest BCUT2D eigenvalue weighted by Gasteiger charge is -2.36. The number of benzene rings is 2. The fraction of sp³-hybridized carbons (Fsp3) is 0.350. The minimum atomic E-state index is -0.304. The topological polar surface area (TPSA) is 41.6 Å². The van der Waals surface area contributed by atoms with Crippen LogP contribution in [0.2, 0.25) is 0 Å². The van der Waals surface area contributed by atoms with Gasteiger partial charge in [-0.15, -0.1) is 0 Å². The van der Waals surface area contributed by atoms with E-state index in [0.717, 1.165) is 10.0 Å². The van der Waals surface area contributed by atoms with Gasteiger partial charge in [-0.1, -0.05) is 46.3 Å². The molecule has 26 heavy (non-hydrogen) atoms. The monoisotopic (exact) mass is 420 g/mol. The molecule has 6 heteroatoms. The van der Waals surface area contributed by atoms with Crippen molar-refractivity contribution in [2.45, 2.75) is 25.6 Å². The fourth-order valence-corrected chi connectivity index (χ4v) is 3.30. The average Bonchev–Trinajstić information content (AvgIpc) is 2.67. The Hall–Kier alpha value is -1.76. The average molecular weight is 421 g/mol. The summed E-state index contributed by atoms with van der Waals surface area (Å²) in [6, 6.07) is 14.2. The molecule has 4 nitrogen and oxygen atoms in total. The molecule has 0 radical (unpaired) electrons. The number of ether oxygens (including phenoxy) is 1. The quantitative estimate of drug-likeness (QED) is 0.801. The first-order valence-corrected chi connectivity index (χ1v) is 9.46. The summed E-state index contributed by atoms with van der Waals surface area (Å²) >= 11 is 3.43. The molecule has 1 aliphatic heterocycles. The Balaban J connectivity index is 1.58. The highest BCUT2D eigenvalue weighted by atomic mass is 79.9. The molecule has 1 saturated heterocycles. The van der Waals surface area contributed by atoms with Crippen LogP contribution in [0.4, 0.5) is 4.39 Å². The Labute approximate surface area is 161 Å². The van der Waals surface area contributed by atoms with Crippen molar-refractivity contribution >= 4 is 21.8 Å². The molecule has 1 amide bonds. The van der Waals surface area contributed by atoms with E-state index in [1.54, 1.807) is 18.2 Å². The maximum Gasteiger partial charge on any atom is 0.237 e. The number of nitrogens with one attached hydrogen (secondary N) is 1. The standard InChI is InChI=1S/C20H22BrFN2O2/c1-14(20(25)23-12-16-4-2-3-5-18(16)22)24-10-11-26-19(13-24)15-6-8-17(21)9-7-15/h2-9,14,19H,10-13H2,1H3,(H,23,25). The number of rotatable bonds is 5. The van der Waals surface area contributed by atoms with Crippen LogP contribution in [0.3, 0.4) is 0 Å². The second kappa shape index (κ2) is 8.75. The van der Waals surface area contributed by atoms with Gasteiger partial charge < -0.3 is 10.1 Å². The molecule has 2 atom stereocenters. The highest BCUT2D eigenvalue weighted by Gasteiger charge is 2.28. The molecule has 0 saturated carbocycles. The second-order valence-electron chi connectivity index (χ2n) is 6.39. The molecule has 1 heterocycles. The molecule has 1 N–H and O–H groups in total. The maximum absolute atomic E-state index is 13.7. The van der Waals surface area contributed by atoms with E-state index in [0.29, 0.717) is 25.3 Å². The predicted octanol–water partition coefficient (Wildman–Crippen LogP) is 3.67. The molecule has 3 rings (SSSR count). The molecule has 2 aromatic rings. The van der Waals surface area contributed by atoms with E-state index < -0.39 is 0 Å². The van der Waals surface area contributed by atoms with Crippen LogP contribution in [0, 0.1) is 5.82 Å². The first kappa shape index (κ1) is 19.0. The Morgan fingerprint density at radius 2 is 2.04 bits per heavy atom. The van der Waals surface area contributed by atoms with Crippen LogP contribution in [-0.2, 0) is 16.1 Å². The van der Waals surface area contributed by atoms with E-state index in [1.165, 1.54) is 6.07 Å². The van der Waals surface area contributed by atoms with Crippen molar-refractivity contribution in [2.75, 3.05) is 19.7 Å². The predicted molar refractivity (Wildman–Crippen MR) is 102 cm³/mol. The van der Waals surface area contributed by atoms with Crippen molar-refractivity contribution in [3.05, 3.63) is 69.9 Å². The lowest BCUT2D eigenvalue weighted by Crippen LogP contribution is -2.50. The molecular weight excluding hydrogens is 399 g/mol. The first-order valence-electron chi connectivity index (χ1n) is 8.67. The van der Waals surface area contributed by atoms with E-state index in [1.807, 2.05) is 31.2 Å². The van der Waals surface area contributed by atoms with Gasteiger partial charge in [-0.3, -0.25) is 9.69 Å². The number of hydrogen-bond acceptors (Lipinski definition) is 3. The minimum absolute atomic E-state index is 0.0568. The van der Waals surface area contributed by atoms with Crippen molar-refractivity contribution in [3.8, 4) is 0 Å². The normalized spacial score (nSPS) is 19.1. The van der Waals surface area contributed by atoms with E-state index in [4.69, 9.17) is 4.74 Å². The largest absolute Gasteiger partial charge is 0.371 e. The number of amides is 1. The number of nitrogens with zero attached hydrogens (tertiary/aromatic N) is 1. The van der Waals surface area contributed by atoms with Gasteiger partial charge in [-0.2, -0.15) is 0 Å². The van der Waals surface area contributed by atoms with Gasteiger partial charge in [0.05, 0.1) is 18.8 Å². The van der Waals surface area contributed by atoms with Gasteiger partial charge in [0.25, 0.3) is 0 Å². The summed E-state index contributed by atoms with van der Waals surface area (Å²) in [4.78, 5) is 14.6. The number of morpholine rings is 1. The van der Waals surface area contributed by atoms with Crippen LogP contribution in [-0.4, -0.2) is 36.5 Å². The van der Waals surface area contributed by atoms with E-state index in [2.05, 4.69) is 26.1 Å². The SMILES string of the molecule is CC(C(=O)NCc1ccccc1F)N1CCOC(c2ccc(Br)cc2)C1.